The Labute approximate surface area is 256 Å². The summed E-state index contributed by atoms with van der Waals surface area (Å²) in [6, 6.07) is 13.6. The molecule has 0 aromatic heterocycles. The van der Waals surface area contributed by atoms with Crippen LogP contribution in [-0.4, -0.2) is 58.0 Å². The maximum atomic E-state index is 6.16. The van der Waals surface area contributed by atoms with E-state index >= 15 is 0 Å². The summed E-state index contributed by atoms with van der Waals surface area (Å²) in [6.45, 7) is 19.7. The molecule has 0 aliphatic carbocycles. The number of hydrogen-bond donors (Lipinski definition) is 0. The molecule has 6 rings (SSSR count). The maximum absolute atomic E-state index is 6.16. The Kier molecular flexibility index (Phi) is 8.47. The van der Waals surface area contributed by atoms with Crippen molar-refractivity contribution in [2.45, 2.75) is 85.0 Å². The van der Waals surface area contributed by atoms with Gasteiger partial charge in [0.25, 0.3) is 0 Å². The van der Waals surface area contributed by atoms with Gasteiger partial charge in [-0.05, 0) is 123 Å². The van der Waals surface area contributed by atoms with Crippen LogP contribution in [0.2, 0.25) is 0 Å². The van der Waals surface area contributed by atoms with Crippen LogP contribution in [0.5, 0.6) is 17.2 Å². The third-order valence-electron chi connectivity index (χ3n) is 9.24. The predicted molar refractivity (Wildman–Crippen MR) is 168 cm³/mol. The second-order valence-electron chi connectivity index (χ2n) is 13.0. The van der Waals surface area contributed by atoms with Crippen molar-refractivity contribution < 1.29 is 28.4 Å². The highest BCUT2D eigenvalue weighted by Crippen LogP contribution is 2.44. The normalized spacial score (nSPS) is 21.7. The van der Waals surface area contributed by atoms with Crippen LogP contribution in [0.25, 0.3) is 0 Å². The van der Waals surface area contributed by atoms with Crippen LogP contribution in [0.4, 0.5) is 0 Å². The monoisotopic (exact) mass is 586 g/mol. The Bertz CT molecular complexity index is 1410. The third-order valence-corrected chi connectivity index (χ3v) is 9.24. The second kappa shape index (κ2) is 12.1. The molecule has 3 saturated heterocycles. The van der Waals surface area contributed by atoms with E-state index in [9.17, 15) is 0 Å². The van der Waals surface area contributed by atoms with Crippen LogP contribution in [0.1, 0.15) is 63.4 Å². The molecule has 0 spiro atoms. The van der Waals surface area contributed by atoms with Crippen LogP contribution in [0, 0.1) is 41.5 Å². The van der Waals surface area contributed by atoms with Gasteiger partial charge in [-0.25, -0.2) is 0 Å². The second-order valence-corrected chi connectivity index (χ2v) is 13.0. The molecule has 0 N–H and O–H groups in total. The first-order valence-electron chi connectivity index (χ1n) is 15.7. The zero-order valence-electron chi connectivity index (χ0n) is 26.8. The average Bonchev–Trinajstić information content (AvgIpc) is 3.82. The minimum absolute atomic E-state index is 0.230. The van der Waals surface area contributed by atoms with Crippen LogP contribution in [0.15, 0.2) is 36.4 Å². The van der Waals surface area contributed by atoms with Gasteiger partial charge in [0.1, 0.15) is 55.4 Å². The van der Waals surface area contributed by atoms with Gasteiger partial charge in [-0.1, -0.05) is 25.1 Å². The minimum atomic E-state index is -0.237. The van der Waals surface area contributed by atoms with E-state index in [1.165, 1.54) is 38.9 Å². The average molecular weight is 587 g/mol. The molecule has 3 aromatic carbocycles. The van der Waals surface area contributed by atoms with Gasteiger partial charge in [-0.2, -0.15) is 0 Å². The van der Waals surface area contributed by atoms with Crippen molar-refractivity contribution in [3.63, 3.8) is 0 Å². The van der Waals surface area contributed by atoms with E-state index in [1.807, 2.05) is 0 Å². The van der Waals surface area contributed by atoms with E-state index in [1.54, 1.807) is 0 Å². The zero-order chi connectivity index (χ0) is 30.3. The largest absolute Gasteiger partial charge is 0.491 e. The van der Waals surface area contributed by atoms with Crippen LogP contribution >= 0.6 is 0 Å². The van der Waals surface area contributed by atoms with Gasteiger partial charge in [0.15, 0.2) is 0 Å². The molecule has 43 heavy (non-hydrogen) atoms. The van der Waals surface area contributed by atoms with Crippen molar-refractivity contribution >= 4 is 0 Å². The predicted octanol–water partition coefficient (Wildman–Crippen LogP) is 6.81. The van der Waals surface area contributed by atoms with E-state index in [2.05, 4.69) is 84.9 Å². The highest BCUT2D eigenvalue weighted by atomic mass is 16.6. The fourth-order valence-corrected chi connectivity index (χ4v) is 6.19. The van der Waals surface area contributed by atoms with Crippen molar-refractivity contribution in [3.8, 4) is 17.2 Å². The number of ether oxygens (including phenoxy) is 6. The smallest absolute Gasteiger partial charge is 0.122 e. The zero-order valence-corrected chi connectivity index (χ0v) is 26.8. The summed E-state index contributed by atoms with van der Waals surface area (Å²) in [4.78, 5) is 0. The van der Waals surface area contributed by atoms with E-state index in [-0.39, 0.29) is 23.7 Å². The fourth-order valence-electron chi connectivity index (χ4n) is 6.19. The standard InChI is InChI=1S/C37H46O6/c1-22-13-34(41-19-29-16-38-29)25(4)10-28(22)8-9-37(7,32-11-26(5)35(14-23(32)2)42-20-30-17-39-30)33-12-27(6)36(15-24(33)3)43-21-31-18-40-31/h10-15,29-31H,8-9,16-21H2,1-7H3. The highest BCUT2D eigenvalue weighted by Gasteiger charge is 2.34. The lowest BCUT2D eigenvalue weighted by Crippen LogP contribution is -2.27. The Morgan fingerprint density at radius 1 is 0.558 bits per heavy atom. The molecule has 3 fully saturated rings. The van der Waals surface area contributed by atoms with Gasteiger partial charge >= 0.3 is 0 Å². The molecule has 0 bridgehead atoms. The molecular weight excluding hydrogens is 540 g/mol. The minimum Gasteiger partial charge on any atom is -0.491 e. The molecule has 6 heteroatoms. The van der Waals surface area contributed by atoms with E-state index in [0.29, 0.717) is 19.8 Å². The number of aryl methyl sites for hydroxylation is 7. The molecule has 3 aliphatic heterocycles. The topological polar surface area (TPSA) is 65.3 Å². The molecule has 3 unspecified atom stereocenters. The first-order chi connectivity index (χ1) is 20.6. The van der Waals surface area contributed by atoms with Crippen molar-refractivity contribution in [2.24, 2.45) is 0 Å². The van der Waals surface area contributed by atoms with Gasteiger partial charge in [0.2, 0.25) is 0 Å². The van der Waals surface area contributed by atoms with Gasteiger partial charge in [-0.3, -0.25) is 0 Å². The van der Waals surface area contributed by atoms with E-state index < -0.39 is 0 Å². The Hall–Kier alpha value is -3.06. The Balaban J connectivity index is 1.32. The number of epoxide rings is 3. The summed E-state index contributed by atoms with van der Waals surface area (Å²) >= 11 is 0. The molecule has 0 saturated carbocycles. The number of rotatable bonds is 14. The first-order valence-corrected chi connectivity index (χ1v) is 15.7. The van der Waals surface area contributed by atoms with Gasteiger partial charge in [0, 0.05) is 5.41 Å². The van der Waals surface area contributed by atoms with Gasteiger partial charge < -0.3 is 28.4 Å². The molecule has 6 nitrogen and oxygen atoms in total. The van der Waals surface area contributed by atoms with Gasteiger partial charge in [0.05, 0.1) is 19.8 Å². The Morgan fingerprint density at radius 2 is 0.930 bits per heavy atom. The molecule has 230 valence electrons. The number of hydrogen-bond acceptors (Lipinski definition) is 6. The molecule has 3 heterocycles. The van der Waals surface area contributed by atoms with E-state index in [0.717, 1.165) is 61.0 Å². The van der Waals surface area contributed by atoms with Crippen LogP contribution < -0.4 is 14.2 Å². The summed E-state index contributed by atoms with van der Waals surface area (Å²) in [5.74, 6) is 2.84. The Morgan fingerprint density at radius 3 is 1.33 bits per heavy atom. The quantitative estimate of drug-likeness (QED) is 0.194. The van der Waals surface area contributed by atoms with E-state index in [4.69, 9.17) is 28.4 Å². The maximum Gasteiger partial charge on any atom is 0.122 e. The van der Waals surface area contributed by atoms with Crippen LogP contribution in [0.3, 0.4) is 0 Å². The third kappa shape index (κ3) is 7.03. The molecule has 0 amide bonds. The summed E-state index contributed by atoms with van der Waals surface area (Å²) in [5, 5.41) is 0. The molecular formula is C37H46O6. The van der Waals surface area contributed by atoms with Crippen molar-refractivity contribution in [1.82, 2.24) is 0 Å². The van der Waals surface area contributed by atoms with Crippen molar-refractivity contribution in [3.05, 3.63) is 86.5 Å². The molecule has 3 aliphatic rings. The SMILES string of the molecule is Cc1cc(OCC2CO2)c(C)cc1CCC(C)(c1cc(C)c(OCC2CO2)cc1C)c1cc(C)c(OCC2CO2)cc1C. The van der Waals surface area contributed by atoms with Crippen LogP contribution in [-0.2, 0) is 26.0 Å². The summed E-state index contributed by atoms with van der Waals surface area (Å²) in [5.41, 5.74) is 11.0. The number of benzene rings is 3. The molecule has 3 aromatic rings. The van der Waals surface area contributed by atoms with Crippen molar-refractivity contribution in [1.29, 1.82) is 0 Å². The summed E-state index contributed by atoms with van der Waals surface area (Å²) in [7, 11) is 0. The van der Waals surface area contributed by atoms with Gasteiger partial charge in [-0.15, -0.1) is 0 Å². The molecule has 0 radical (unpaired) electrons. The fraction of sp³-hybridized carbons (Fsp3) is 0.514. The summed E-state index contributed by atoms with van der Waals surface area (Å²) in [6.07, 6.45) is 2.61. The first kappa shape index (κ1) is 30.0. The van der Waals surface area contributed by atoms with Crippen molar-refractivity contribution in [2.75, 3.05) is 39.6 Å². The lowest BCUT2D eigenvalue weighted by atomic mass is 9.69. The lowest BCUT2D eigenvalue weighted by molar-refractivity contribution is 0.261. The molecule has 3 atom stereocenters. The summed E-state index contributed by atoms with van der Waals surface area (Å²) < 4.78 is 34.5. The lowest BCUT2D eigenvalue weighted by Gasteiger charge is -2.35. The highest BCUT2D eigenvalue weighted by molar-refractivity contribution is 5.54.